The zero-order valence-electron chi connectivity index (χ0n) is 11.5. The maximum Gasteiger partial charge on any atom is -0.0159 e. The molecule has 2 aliphatic carbocycles. The van der Waals surface area contributed by atoms with Gasteiger partial charge in [-0.05, 0) is 54.7 Å². The van der Waals surface area contributed by atoms with Crippen LogP contribution in [0.4, 0.5) is 0 Å². The molecule has 1 radical (unpaired) electrons. The minimum atomic E-state index is 0.841. The molecule has 1 aromatic rings. The first kappa shape index (κ1) is 12.3. The molecular formula is C18H25. The van der Waals surface area contributed by atoms with E-state index in [0.717, 1.165) is 11.8 Å². The Bertz CT molecular complexity index is 330. The summed E-state index contributed by atoms with van der Waals surface area (Å²) in [5.74, 6) is 1.69. The second-order valence-electron chi connectivity index (χ2n) is 6.22. The third kappa shape index (κ3) is 2.63. The lowest BCUT2D eigenvalue weighted by molar-refractivity contribution is 0.419. The van der Waals surface area contributed by atoms with Gasteiger partial charge in [-0.2, -0.15) is 0 Å². The smallest absolute Gasteiger partial charge is 0.0159 e. The topological polar surface area (TPSA) is 0 Å². The van der Waals surface area contributed by atoms with Crippen LogP contribution in [-0.4, -0.2) is 0 Å². The van der Waals surface area contributed by atoms with E-state index < -0.39 is 0 Å². The summed E-state index contributed by atoms with van der Waals surface area (Å²) in [5, 5.41) is 0. The highest BCUT2D eigenvalue weighted by Gasteiger charge is 2.23. The van der Waals surface area contributed by atoms with Crippen LogP contribution in [0.3, 0.4) is 0 Å². The molecule has 0 amide bonds. The molecule has 0 aliphatic heterocycles. The van der Waals surface area contributed by atoms with Crippen molar-refractivity contribution >= 4 is 0 Å². The number of hydrogen-bond donors (Lipinski definition) is 0. The average molecular weight is 241 g/mol. The van der Waals surface area contributed by atoms with Gasteiger partial charge in [-0.3, -0.25) is 0 Å². The quantitative estimate of drug-likeness (QED) is 0.634. The fourth-order valence-corrected chi connectivity index (χ4v) is 4.01. The van der Waals surface area contributed by atoms with Crippen molar-refractivity contribution in [2.75, 3.05) is 0 Å². The minimum absolute atomic E-state index is 0.841. The van der Waals surface area contributed by atoms with E-state index in [2.05, 4.69) is 24.3 Å². The Labute approximate surface area is 112 Å². The summed E-state index contributed by atoms with van der Waals surface area (Å²) < 4.78 is 0. The van der Waals surface area contributed by atoms with Gasteiger partial charge in [0.2, 0.25) is 0 Å². The van der Waals surface area contributed by atoms with Crippen LogP contribution in [0.25, 0.3) is 0 Å². The van der Waals surface area contributed by atoms with Crippen molar-refractivity contribution in [3.05, 3.63) is 35.4 Å². The summed E-state index contributed by atoms with van der Waals surface area (Å²) in [6, 6.07) is 10.2. The Hall–Kier alpha value is -0.780. The number of rotatable bonds is 2. The van der Waals surface area contributed by atoms with Crippen molar-refractivity contribution in [1.82, 2.24) is 0 Å². The van der Waals surface area contributed by atoms with E-state index in [1.54, 1.807) is 11.1 Å². The van der Waals surface area contributed by atoms with E-state index in [1.165, 1.54) is 64.2 Å². The molecule has 0 spiro atoms. The second kappa shape index (κ2) is 5.91. The summed E-state index contributed by atoms with van der Waals surface area (Å²) in [7, 11) is 0. The van der Waals surface area contributed by atoms with Crippen molar-refractivity contribution < 1.29 is 0 Å². The Morgan fingerprint density at radius 2 is 1.28 bits per heavy atom. The van der Waals surface area contributed by atoms with Crippen LogP contribution < -0.4 is 0 Å². The van der Waals surface area contributed by atoms with Gasteiger partial charge in [0.05, 0.1) is 0 Å². The zero-order chi connectivity index (χ0) is 12.2. The minimum Gasteiger partial charge on any atom is -0.0579 e. The molecule has 97 valence electrons. The second-order valence-corrected chi connectivity index (χ2v) is 6.22. The molecule has 0 atom stereocenters. The van der Waals surface area contributed by atoms with Crippen molar-refractivity contribution in [2.45, 2.75) is 76.0 Å². The molecular weight excluding hydrogens is 216 g/mol. The van der Waals surface area contributed by atoms with Crippen LogP contribution in [0.1, 0.15) is 87.2 Å². The van der Waals surface area contributed by atoms with Crippen LogP contribution >= 0.6 is 0 Å². The van der Waals surface area contributed by atoms with Gasteiger partial charge in [0, 0.05) is 0 Å². The van der Waals surface area contributed by atoms with Gasteiger partial charge >= 0.3 is 0 Å². The monoisotopic (exact) mass is 241 g/mol. The Morgan fingerprint density at radius 3 is 1.89 bits per heavy atom. The summed E-state index contributed by atoms with van der Waals surface area (Å²) >= 11 is 0. The predicted octanol–water partition coefficient (Wildman–Crippen LogP) is 5.58. The van der Waals surface area contributed by atoms with Gasteiger partial charge in [0.25, 0.3) is 0 Å². The van der Waals surface area contributed by atoms with Crippen LogP contribution in [0.5, 0.6) is 0 Å². The fourth-order valence-electron chi connectivity index (χ4n) is 4.01. The van der Waals surface area contributed by atoms with Crippen LogP contribution in [-0.2, 0) is 0 Å². The normalized spacial score (nSPS) is 23.1. The van der Waals surface area contributed by atoms with Crippen LogP contribution in [0.2, 0.25) is 0 Å². The molecule has 0 saturated heterocycles. The third-order valence-electron chi connectivity index (χ3n) is 5.02. The van der Waals surface area contributed by atoms with Gasteiger partial charge in [0.15, 0.2) is 0 Å². The molecule has 3 rings (SSSR count). The van der Waals surface area contributed by atoms with Gasteiger partial charge in [0.1, 0.15) is 0 Å². The van der Waals surface area contributed by atoms with Crippen molar-refractivity contribution in [3.8, 4) is 0 Å². The van der Waals surface area contributed by atoms with Gasteiger partial charge in [-0.25, -0.2) is 0 Å². The maximum absolute atomic E-state index is 3.34. The fraction of sp³-hybridized carbons (Fsp3) is 0.667. The SMILES string of the molecule is [c]1ccc(C2CCCCC2)c(C2CCCCC2)c1. The van der Waals surface area contributed by atoms with E-state index in [9.17, 15) is 0 Å². The first-order valence-corrected chi connectivity index (χ1v) is 7.95. The molecule has 2 fully saturated rings. The first-order chi connectivity index (χ1) is 8.95. The molecule has 0 nitrogen and oxygen atoms in total. The predicted molar refractivity (Wildman–Crippen MR) is 76.9 cm³/mol. The Balaban J connectivity index is 1.83. The molecule has 0 aromatic heterocycles. The molecule has 0 heteroatoms. The summed E-state index contributed by atoms with van der Waals surface area (Å²) in [4.78, 5) is 0. The molecule has 0 N–H and O–H groups in total. The average Bonchev–Trinajstić information content (AvgIpc) is 2.49. The molecule has 0 bridgehead atoms. The molecule has 1 aromatic carbocycles. The van der Waals surface area contributed by atoms with E-state index in [-0.39, 0.29) is 0 Å². The molecule has 2 aliphatic rings. The largest absolute Gasteiger partial charge is 0.0579 e. The van der Waals surface area contributed by atoms with E-state index in [0.29, 0.717) is 0 Å². The van der Waals surface area contributed by atoms with Crippen molar-refractivity contribution in [3.63, 3.8) is 0 Å². The summed E-state index contributed by atoms with van der Waals surface area (Å²) in [6.07, 6.45) is 14.3. The lowest BCUT2D eigenvalue weighted by Gasteiger charge is -2.29. The third-order valence-corrected chi connectivity index (χ3v) is 5.02. The maximum atomic E-state index is 3.34. The van der Waals surface area contributed by atoms with Gasteiger partial charge in [-0.1, -0.05) is 56.7 Å². The zero-order valence-corrected chi connectivity index (χ0v) is 11.5. The Morgan fingerprint density at radius 1 is 0.722 bits per heavy atom. The highest BCUT2D eigenvalue weighted by Crippen LogP contribution is 2.40. The molecule has 18 heavy (non-hydrogen) atoms. The first-order valence-electron chi connectivity index (χ1n) is 7.95. The van der Waals surface area contributed by atoms with E-state index in [1.807, 2.05) is 0 Å². The van der Waals surface area contributed by atoms with Crippen LogP contribution in [0.15, 0.2) is 18.2 Å². The molecule has 2 saturated carbocycles. The highest BCUT2D eigenvalue weighted by molar-refractivity contribution is 5.33. The van der Waals surface area contributed by atoms with Crippen molar-refractivity contribution in [1.29, 1.82) is 0 Å². The lowest BCUT2D eigenvalue weighted by Crippen LogP contribution is -2.12. The van der Waals surface area contributed by atoms with E-state index in [4.69, 9.17) is 0 Å². The number of hydrogen-bond acceptors (Lipinski definition) is 0. The molecule has 0 heterocycles. The van der Waals surface area contributed by atoms with E-state index >= 15 is 0 Å². The lowest BCUT2D eigenvalue weighted by atomic mass is 9.76. The summed E-state index contributed by atoms with van der Waals surface area (Å²) in [5.41, 5.74) is 3.34. The highest BCUT2D eigenvalue weighted by atomic mass is 14.3. The van der Waals surface area contributed by atoms with Gasteiger partial charge < -0.3 is 0 Å². The summed E-state index contributed by atoms with van der Waals surface area (Å²) in [6.45, 7) is 0. The van der Waals surface area contributed by atoms with Crippen LogP contribution in [0, 0.1) is 6.07 Å². The standard InChI is InChI=1S/C18H25/c1-3-9-15(10-4-1)17-13-7-8-14-18(17)16-11-5-2-6-12-16/h7,13-16H,1-6,9-12H2. The number of benzene rings is 1. The molecule has 0 unspecified atom stereocenters. The van der Waals surface area contributed by atoms with Gasteiger partial charge in [-0.15, -0.1) is 0 Å². The van der Waals surface area contributed by atoms with Crippen molar-refractivity contribution in [2.24, 2.45) is 0 Å². The Kier molecular flexibility index (Phi) is 4.02.